The lowest BCUT2D eigenvalue weighted by atomic mass is 9.81. The lowest BCUT2D eigenvalue weighted by molar-refractivity contribution is 0.0542. The maximum absolute atomic E-state index is 13.5. The fourth-order valence-corrected chi connectivity index (χ4v) is 7.54. The predicted octanol–water partition coefficient (Wildman–Crippen LogP) is 3.48. The molecule has 8 nitrogen and oxygen atoms in total. The molecule has 2 fully saturated rings. The first-order chi connectivity index (χ1) is 18.7. The first kappa shape index (κ1) is 28.2. The van der Waals surface area contributed by atoms with Crippen LogP contribution < -0.4 is 0 Å². The van der Waals surface area contributed by atoms with Crippen molar-refractivity contribution in [2.75, 3.05) is 39.5 Å². The minimum atomic E-state index is -3.15. The Labute approximate surface area is 233 Å². The summed E-state index contributed by atoms with van der Waals surface area (Å²) >= 11 is 0. The molecule has 212 valence electrons. The van der Waals surface area contributed by atoms with Crippen LogP contribution in [0.3, 0.4) is 0 Å². The number of sulfonamides is 1. The van der Waals surface area contributed by atoms with Gasteiger partial charge in [-0.15, -0.1) is 0 Å². The van der Waals surface area contributed by atoms with Crippen LogP contribution in [0, 0.1) is 12.8 Å². The van der Waals surface area contributed by atoms with Gasteiger partial charge in [0.05, 0.1) is 6.26 Å². The summed E-state index contributed by atoms with van der Waals surface area (Å²) in [7, 11) is -1.46. The Kier molecular flexibility index (Phi) is 8.69. The van der Waals surface area contributed by atoms with Crippen LogP contribution in [0.5, 0.6) is 0 Å². The number of fused-ring (bicyclic) bond motifs is 1. The molecule has 39 heavy (non-hydrogen) atoms. The van der Waals surface area contributed by atoms with Crippen LogP contribution in [0.15, 0.2) is 30.6 Å². The van der Waals surface area contributed by atoms with Crippen LogP contribution in [-0.2, 0) is 29.3 Å². The summed E-state index contributed by atoms with van der Waals surface area (Å²) in [5.41, 5.74) is 5.46. The quantitative estimate of drug-likeness (QED) is 0.522. The number of nitrogens with zero attached hydrogens (tertiary/aromatic N) is 5. The molecule has 1 aliphatic carbocycles. The standard InChI is InChI=1S/C30H43N5O3S/c1-22-28(11-9-23-8-10-24-6-4-5-7-25(24)20-23)31-21-32-29(22)30(36)35-18-14-27(15-19-35)34-16-12-26(13-17-34)33(2)39(3,37)38/h4-7,21,23,26-27H,8-20H2,1-3H3. The number of hydrogen-bond acceptors (Lipinski definition) is 6. The minimum Gasteiger partial charge on any atom is -0.337 e. The molecular weight excluding hydrogens is 510 g/mol. The van der Waals surface area contributed by atoms with Crippen molar-refractivity contribution in [1.29, 1.82) is 0 Å². The molecule has 2 saturated heterocycles. The number of rotatable bonds is 7. The lowest BCUT2D eigenvalue weighted by Gasteiger charge is -2.43. The number of carbonyl (C=O) groups is 1. The molecular formula is C30H43N5O3S. The Bertz CT molecular complexity index is 1270. The van der Waals surface area contributed by atoms with Crippen LogP contribution >= 0.6 is 0 Å². The molecule has 2 aliphatic heterocycles. The summed E-state index contributed by atoms with van der Waals surface area (Å²) < 4.78 is 25.3. The fourth-order valence-electron chi connectivity index (χ4n) is 6.78. The Morgan fingerprint density at radius 3 is 2.38 bits per heavy atom. The maximum Gasteiger partial charge on any atom is 0.272 e. The van der Waals surface area contributed by atoms with Gasteiger partial charge in [-0.05, 0) is 94.8 Å². The van der Waals surface area contributed by atoms with Crippen molar-refractivity contribution in [1.82, 2.24) is 24.1 Å². The zero-order chi connectivity index (χ0) is 27.6. The zero-order valence-electron chi connectivity index (χ0n) is 23.7. The maximum atomic E-state index is 13.5. The summed E-state index contributed by atoms with van der Waals surface area (Å²) in [4.78, 5) is 26.9. The van der Waals surface area contributed by atoms with E-state index in [2.05, 4.69) is 39.1 Å². The van der Waals surface area contributed by atoms with E-state index in [1.807, 2.05) is 11.8 Å². The summed E-state index contributed by atoms with van der Waals surface area (Å²) in [5, 5.41) is 0. The summed E-state index contributed by atoms with van der Waals surface area (Å²) in [6.07, 6.45) is 11.9. The number of aromatic nitrogens is 2. The average molecular weight is 554 g/mol. The van der Waals surface area contributed by atoms with E-state index in [-0.39, 0.29) is 11.9 Å². The van der Waals surface area contributed by atoms with Gasteiger partial charge in [0.25, 0.3) is 5.91 Å². The van der Waals surface area contributed by atoms with Crippen LogP contribution in [0.2, 0.25) is 0 Å². The minimum absolute atomic E-state index is 0.0229. The van der Waals surface area contributed by atoms with Gasteiger partial charge in [-0.2, -0.15) is 0 Å². The highest BCUT2D eigenvalue weighted by Crippen LogP contribution is 2.29. The van der Waals surface area contributed by atoms with Crippen LogP contribution in [0.4, 0.5) is 0 Å². The number of benzene rings is 1. The second-order valence-corrected chi connectivity index (χ2v) is 13.8. The van der Waals surface area contributed by atoms with E-state index in [1.165, 1.54) is 28.1 Å². The molecule has 1 aromatic carbocycles. The molecule has 0 saturated carbocycles. The van der Waals surface area contributed by atoms with Gasteiger partial charge in [0.15, 0.2) is 0 Å². The summed E-state index contributed by atoms with van der Waals surface area (Å²) in [6.45, 7) is 5.28. The normalized spacial score (nSPS) is 21.7. The molecule has 0 radical (unpaired) electrons. The van der Waals surface area contributed by atoms with E-state index < -0.39 is 10.0 Å². The van der Waals surface area contributed by atoms with E-state index in [0.29, 0.717) is 17.7 Å². The van der Waals surface area contributed by atoms with E-state index in [4.69, 9.17) is 0 Å². The Morgan fingerprint density at radius 1 is 1.00 bits per heavy atom. The smallest absolute Gasteiger partial charge is 0.272 e. The molecule has 0 bridgehead atoms. The number of amides is 1. The first-order valence-electron chi connectivity index (χ1n) is 14.5. The average Bonchev–Trinajstić information content (AvgIpc) is 2.95. The summed E-state index contributed by atoms with van der Waals surface area (Å²) in [5.74, 6) is 0.680. The van der Waals surface area contributed by atoms with Gasteiger partial charge in [-0.1, -0.05) is 24.3 Å². The number of hydrogen-bond donors (Lipinski definition) is 0. The van der Waals surface area contributed by atoms with Crippen molar-refractivity contribution in [3.63, 3.8) is 0 Å². The van der Waals surface area contributed by atoms with Gasteiger partial charge in [-0.3, -0.25) is 4.79 Å². The number of likely N-dealkylation sites (tertiary alicyclic amines) is 2. The third kappa shape index (κ3) is 6.52. The Hall–Kier alpha value is -2.36. The van der Waals surface area contributed by atoms with Crippen LogP contribution in [0.1, 0.15) is 71.4 Å². The fraction of sp³-hybridized carbons (Fsp3) is 0.633. The number of carbonyl (C=O) groups excluding carboxylic acids is 1. The van der Waals surface area contributed by atoms with Crippen LogP contribution in [0.25, 0.3) is 0 Å². The molecule has 1 atom stereocenters. The highest BCUT2D eigenvalue weighted by Gasteiger charge is 2.33. The Balaban J connectivity index is 1.12. The topological polar surface area (TPSA) is 86.7 Å². The number of piperidine rings is 2. The van der Waals surface area contributed by atoms with Gasteiger partial charge in [0.1, 0.15) is 12.0 Å². The predicted molar refractivity (Wildman–Crippen MR) is 153 cm³/mol. The van der Waals surface area contributed by atoms with Crippen molar-refractivity contribution in [2.45, 2.75) is 76.8 Å². The molecule has 1 unspecified atom stereocenters. The van der Waals surface area contributed by atoms with Gasteiger partial charge in [0, 0.05) is 43.5 Å². The lowest BCUT2D eigenvalue weighted by Crippen LogP contribution is -2.52. The third-order valence-corrected chi connectivity index (χ3v) is 10.8. The second-order valence-electron chi connectivity index (χ2n) is 11.8. The molecule has 3 heterocycles. The molecule has 0 N–H and O–H groups in total. The van der Waals surface area contributed by atoms with Crippen LogP contribution in [-0.4, -0.2) is 90.0 Å². The van der Waals surface area contributed by atoms with Gasteiger partial charge in [0.2, 0.25) is 10.0 Å². The van der Waals surface area contributed by atoms with E-state index in [9.17, 15) is 13.2 Å². The van der Waals surface area contributed by atoms with Crippen molar-refractivity contribution < 1.29 is 13.2 Å². The first-order valence-corrected chi connectivity index (χ1v) is 16.4. The molecule has 0 spiro atoms. The van der Waals surface area contributed by atoms with Crippen molar-refractivity contribution >= 4 is 15.9 Å². The van der Waals surface area contributed by atoms with E-state index in [1.54, 1.807) is 13.4 Å². The molecule has 3 aliphatic rings. The Morgan fingerprint density at radius 2 is 1.69 bits per heavy atom. The highest BCUT2D eigenvalue weighted by molar-refractivity contribution is 7.88. The van der Waals surface area contributed by atoms with Crippen molar-refractivity contribution in [2.24, 2.45) is 5.92 Å². The third-order valence-electron chi connectivity index (χ3n) is 9.43. The molecule has 2 aromatic rings. The van der Waals surface area contributed by atoms with Gasteiger partial charge in [-0.25, -0.2) is 22.7 Å². The molecule has 1 amide bonds. The molecule has 5 rings (SSSR count). The zero-order valence-corrected chi connectivity index (χ0v) is 24.5. The highest BCUT2D eigenvalue weighted by atomic mass is 32.2. The second kappa shape index (κ2) is 12.0. The van der Waals surface area contributed by atoms with Crippen molar-refractivity contribution in [3.05, 3.63) is 58.7 Å². The van der Waals surface area contributed by atoms with Crippen molar-refractivity contribution in [3.8, 4) is 0 Å². The van der Waals surface area contributed by atoms with Gasteiger partial charge >= 0.3 is 0 Å². The summed E-state index contributed by atoms with van der Waals surface area (Å²) in [6, 6.07) is 9.32. The number of aryl methyl sites for hydroxylation is 2. The monoisotopic (exact) mass is 553 g/mol. The van der Waals surface area contributed by atoms with E-state index >= 15 is 0 Å². The van der Waals surface area contributed by atoms with E-state index in [0.717, 1.165) is 88.8 Å². The SMILES string of the molecule is Cc1c(CCC2CCc3ccccc3C2)ncnc1C(=O)N1CCC(N2CCC(N(C)S(C)(=O)=O)CC2)CC1. The molecule has 1 aromatic heterocycles. The molecule has 9 heteroatoms. The van der Waals surface area contributed by atoms with Gasteiger partial charge < -0.3 is 9.80 Å². The largest absolute Gasteiger partial charge is 0.337 e.